The van der Waals surface area contributed by atoms with Crippen LogP contribution < -0.4 is 5.43 Å². The van der Waals surface area contributed by atoms with Crippen LogP contribution in [0.2, 0.25) is 0 Å². The second kappa shape index (κ2) is 9.25. The van der Waals surface area contributed by atoms with Crippen molar-refractivity contribution in [1.82, 2.24) is 9.78 Å². The van der Waals surface area contributed by atoms with Crippen molar-refractivity contribution in [3.8, 4) is 5.69 Å². The summed E-state index contributed by atoms with van der Waals surface area (Å²) in [5.74, 6) is -0.707. The Kier molecular flexibility index (Phi) is 6.51. The lowest BCUT2D eigenvalue weighted by molar-refractivity contribution is -0.0602. The molecule has 3 rings (SSSR count). The summed E-state index contributed by atoms with van der Waals surface area (Å²) >= 11 is 0. The zero-order valence-corrected chi connectivity index (χ0v) is 16.1. The lowest BCUT2D eigenvalue weighted by Gasteiger charge is -2.12. The molecule has 0 unspecified atom stereocenters. The number of carbonyl (C=O) groups excluding carboxylic acids is 1. The third kappa shape index (κ3) is 5.25. The van der Waals surface area contributed by atoms with Gasteiger partial charge in [0.25, 0.3) is 0 Å². The Hall–Kier alpha value is -3.62. The van der Waals surface area contributed by atoms with E-state index in [0.717, 1.165) is 0 Å². The Balaban J connectivity index is 1.97. The van der Waals surface area contributed by atoms with Gasteiger partial charge in [0, 0.05) is 6.42 Å². The molecular formula is C21H19F3N4O2. The van der Waals surface area contributed by atoms with Gasteiger partial charge in [-0.2, -0.15) is 23.4 Å². The van der Waals surface area contributed by atoms with Gasteiger partial charge in [0.15, 0.2) is 5.69 Å². The predicted molar refractivity (Wildman–Crippen MR) is 107 cm³/mol. The number of alkyl halides is 3. The van der Waals surface area contributed by atoms with Crippen LogP contribution in [-0.2, 0) is 11.2 Å². The van der Waals surface area contributed by atoms with E-state index in [1.54, 1.807) is 67.6 Å². The van der Waals surface area contributed by atoms with Crippen molar-refractivity contribution in [3.05, 3.63) is 78.1 Å². The number of anilines is 1. The number of hydrogen-bond acceptors (Lipinski definition) is 5. The quantitative estimate of drug-likeness (QED) is 0.347. The number of carbonyl (C=O) groups is 1. The fourth-order valence-corrected chi connectivity index (χ4v) is 2.66. The summed E-state index contributed by atoms with van der Waals surface area (Å²) in [6.07, 6.45) is -5.28. The zero-order chi connectivity index (χ0) is 21.6. The van der Waals surface area contributed by atoms with E-state index in [9.17, 15) is 18.0 Å². The van der Waals surface area contributed by atoms with Crippen molar-refractivity contribution in [2.24, 2.45) is 5.10 Å². The number of halogens is 3. The molecule has 1 heterocycles. The minimum Gasteiger partial charge on any atom is -0.461 e. The van der Waals surface area contributed by atoms with Gasteiger partial charge in [0.1, 0.15) is 5.71 Å². The van der Waals surface area contributed by atoms with Crippen LogP contribution in [0.5, 0.6) is 0 Å². The number of nitrogens with zero attached hydrogens (tertiary/aromatic N) is 3. The van der Waals surface area contributed by atoms with Gasteiger partial charge in [0.05, 0.1) is 23.7 Å². The second-order valence-corrected chi connectivity index (χ2v) is 6.20. The number of esters is 1. The van der Waals surface area contributed by atoms with E-state index in [-0.39, 0.29) is 18.0 Å². The molecule has 6 nitrogen and oxygen atoms in total. The summed E-state index contributed by atoms with van der Waals surface area (Å²) in [5, 5.41) is 7.72. The first-order valence-corrected chi connectivity index (χ1v) is 9.14. The SMILES string of the molecule is CCOC(=O)c1cc(C/C(=N/Nc2ccccc2)C(F)(F)F)n(-c2ccccc2)n1. The normalized spacial score (nSPS) is 11.9. The molecule has 1 N–H and O–H groups in total. The number of hydrogen-bond donors (Lipinski definition) is 1. The van der Waals surface area contributed by atoms with E-state index in [0.29, 0.717) is 11.4 Å². The van der Waals surface area contributed by atoms with Crippen molar-refractivity contribution in [2.75, 3.05) is 12.0 Å². The highest BCUT2D eigenvalue weighted by Crippen LogP contribution is 2.23. The maximum Gasteiger partial charge on any atom is 0.431 e. The molecule has 0 aliphatic rings. The van der Waals surface area contributed by atoms with E-state index in [1.165, 1.54) is 10.7 Å². The van der Waals surface area contributed by atoms with E-state index in [1.807, 2.05) is 0 Å². The highest BCUT2D eigenvalue weighted by molar-refractivity contribution is 5.93. The molecule has 0 amide bonds. The van der Waals surface area contributed by atoms with Crippen molar-refractivity contribution < 1.29 is 22.7 Å². The molecule has 0 radical (unpaired) electrons. The third-order valence-electron chi connectivity index (χ3n) is 4.04. The molecule has 0 aliphatic carbocycles. The van der Waals surface area contributed by atoms with Crippen LogP contribution in [0.4, 0.5) is 18.9 Å². The van der Waals surface area contributed by atoms with Gasteiger partial charge in [-0.1, -0.05) is 36.4 Å². The van der Waals surface area contributed by atoms with Crippen molar-refractivity contribution >= 4 is 17.4 Å². The van der Waals surface area contributed by atoms with E-state index in [4.69, 9.17) is 4.74 Å². The van der Waals surface area contributed by atoms with Crippen molar-refractivity contribution in [1.29, 1.82) is 0 Å². The van der Waals surface area contributed by atoms with Gasteiger partial charge in [-0.25, -0.2) is 9.48 Å². The Bertz CT molecular complexity index is 1020. The minimum absolute atomic E-state index is 0.0757. The third-order valence-corrected chi connectivity index (χ3v) is 4.04. The van der Waals surface area contributed by atoms with E-state index < -0.39 is 24.3 Å². The molecule has 30 heavy (non-hydrogen) atoms. The Morgan fingerprint density at radius 3 is 2.33 bits per heavy atom. The van der Waals surface area contributed by atoms with Gasteiger partial charge < -0.3 is 4.74 Å². The second-order valence-electron chi connectivity index (χ2n) is 6.20. The highest BCUT2D eigenvalue weighted by Gasteiger charge is 2.37. The number of rotatable bonds is 7. The molecule has 3 aromatic rings. The Morgan fingerprint density at radius 1 is 1.10 bits per heavy atom. The van der Waals surface area contributed by atoms with Crippen molar-refractivity contribution in [2.45, 2.75) is 19.5 Å². The Labute approximate surface area is 171 Å². The lowest BCUT2D eigenvalue weighted by Crippen LogP contribution is -2.27. The molecule has 0 fully saturated rings. The smallest absolute Gasteiger partial charge is 0.431 e. The molecular weight excluding hydrogens is 397 g/mol. The van der Waals surface area contributed by atoms with Gasteiger partial charge in [-0.3, -0.25) is 5.43 Å². The summed E-state index contributed by atoms with van der Waals surface area (Å²) in [6.45, 7) is 1.76. The molecule has 0 spiro atoms. The molecule has 9 heteroatoms. The number of nitrogens with one attached hydrogen (secondary N) is 1. The van der Waals surface area contributed by atoms with Crippen LogP contribution in [0.3, 0.4) is 0 Å². The summed E-state index contributed by atoms with van der Waals surface area (Å²) < 4.78 is 47.1. The van der Waals surface area contributed by atoms with E-state index in [2.05, 4.69) is 15.6 Å². The minimum atomic E-state index is -4.68. The van der Waals surface area contributed by atoms with Crippen LogP contribution in [0.25, 0.3) is 5.69 Å². The maximum absolute atomic E-state index is 13.6. The van der Waals surface area contributed by atoms with Gasteiger partial charge in [-0.05, 0) is 37.3 Å². The first kappa shape index (κ1) is 21.1. The first-order chi connectivity index (χ1) is 14.4. The number of ether oxygens (including phenoxy) is 1. The fourth-order valence-electron chi connectivity index (χ4n) is 2.66. The number of benzene rings is 2. The average Bonchev–Trinajstić information content (AvgIpc) is 3.16. The fraction of sp³-hybridized carbons (Fsp3) is 0.190. The van der Waals surface area contributed by atoms with Crippen LogP contribution in [0, 0.1) is 0 Å². The van der Waals surface area contributed by atoms with Crippen LogP contribution in [0.15, 0.2) is 71.8 Å². The number of aromatic nitrogens is 2. The summed E-state index contributed by atoms with van der Waals surface area (Å²) in [7, 11) is 0. The van der Waals surface area contributed by atoms with Crippen LogP contribution in [-0.4, -0.2) is 34.2 Å². The van der Waals surface area contributed by atoms with Gasteiger partial charge in [0.2, 0.25) is 0 Å². The molecule has 0 atom stereocenters. The topological polar surface area (TPSA) is 68.5 Å². The maximum atomic E-state index is 13.6. The van der Waals surface area contributed by atoms with Gasteiger partial charge >= 0.3 is 12.1 Å². The first-order valence-electron chi connectivity index (χ1n) is 9.14. The number of hydrazone groups is 1. The lowest BCUT2D eigenvalue weighted by atomic mass is 10.2. The summed E-state index contributed by atoms with van der Waals surface area (Å²) in [4.78, 5) is 12.1. The molecule has 156 valence electrons. The monoisotopic (exact) mass is 416 g/mol. The molecule has 1 aromatic heterocycles. The largest absolute Gasteiger partial charge is 0.461 e. The zero-order valence-electron chi connectivity index (χ0n) is 16.1. The average molecular weight is 416 g/mol. The summed E-state index contributed by atoms with van der Waals surface area (Å²) in [6, 6.07) is 18.2. The predicted octanol–water partition coefficient (Wildman–Crippen LogP) is 4.62. The molecule has 0 saturated carbocycles. The molecule has 0 bridgehead atoms. The summed E-state index contributed by atoms with van der Waals surface area (Å²) in [5.41, 5.74) is 2.38. The van der Waals surface area contributed by atoms with Crippen molar-refractivity contribution in [3.63, 3.8) is 0 Å². The van der Waals surface area contributed by atoms with Crippen LogP contribution >= 0.6 is 0 Å². The standard InChI is InChI=1S/C21H19F3N4O2/c1-2-30-20(29)18-13-17(28(27-18)16-11-7-4-8-12-16)14-19(21(22,23)24)26-25-15-9-5-3-6-10-15/h3-13,25H,2,14H2,1H3/b26-19-. The highest BCUT2D eigenvalue weighted by atomic mass is 19.4. The number of para-hydroxylation sites is 2. The molecule has 0 saturated heterocycles. The molecule has 0 aliphatic heterocycles. The van der Waals surface area contributed by atoms with E-state index >= 15 is 0 Å². The molecule has 2 aromatic carbocycles. The van der Waals surface area contributed by atoms with Crippen LogP contribution in [0.1, 0.15) is 23.1 Å². The van der Waals surface area contributed by atoms with Gasteiger partial charge in [-0.15, -0.1) is 0 Å². The Morgan fingerprint density at radius 2 is 1.73 bits per heavy atom.